The lowest BCUT2D eigenvalue weighted by Crippen LogP contribution is -2.44. The van der Waals surface area contributed by atoms with Crippen molar-refractivity contribution in [3.05, 3.63) is 0 Å². The Bertz CT molecular complexity index is 485. The van der Waals surface area contributed by atoms with E-state index in [9.17, 15) is 9.59 Å². The summed E-state index contributed by atoms with van der Waals surface area (Å²) in [6.07, 6.45) is 10.2. The van der Waals surface area contributed by atoms with Crippen LogP contribution in [0.4, 0.5) is 0 Å². The zero-order valence-electron chi connectivity index (χ0n) is 14.6. The molecule has 2 fully saturated rings. The van der Waals surface area contributed by atoms with E-state index in [4.69, 9.17) is 0 Å². The Morgan fingerprint density at radius 1 is 1.21 bits per heavy atom. The van der Waals surface area contributed by atoms with Crippen LogP contribution in [0.5, 0.6) is 0 Å². The first-order valence-corrected chi connectivity index (χ1v) is 9.56. The van der Waals surface area contributed by atoms with Crippen molar-refractivity contribution in [2.75, 3.05) is 19.6 Å². The van der Waals surface area contributed by atoms with E-state index < -0.39 is 0 Å². The second-order valence-corrected chi connectivity index (χ2v) is 7.46. The van der Waals surface area contributed by atoms with Gasteiger partial charge in [0.15, 0.2) is 0 Å². The van der Waals surface area contributed by atoms with Gasteiger partial charge in [0, 0.05) is 37.7 Å². The predicted octanol–water partition coefficient (Wildman–Crippen LogP) is 1.80. The van der Waals surface area contributed by atoms with E-state index in [-0.39, 0.29) is 11.8 Å². The number of likely N-dealkylation sites (tertiary alicyclic amines) is 1. The van der Waals surface area contributed by atoms with E-state index >= 15 is 0 Å². The topological polar surface area (TPSA) is 73.8 Å². The first-order chi connectivity index (χ1) is 11.7. The maximum Gasteiger partial charge on any atom is 0.240 e. The third kappa shape index (κ3) is 5.03. The van der Waals surface area contributed by atoms with Gasteiger partial charge in [-0.05, 0) is 51.0 Å². The van der Waals surface area contributed by atoms with Crippen LogP contribution in [0.15, 0.2) is 5.10 Å². The molecule has 6 nitrogen and oxygen atoms in total. The van der Waals surface area contributed by atoms with Crippen molar-refractivity contribution in [2.24, 2.45) is 11.0 Å². The molecule has 0 aromatic carbocycles. The number of hydrazone groups is 1. The van der Waals surface area contributed by atoms with E-state index in [0.717, 1.165) is 24.8 Å². The molecule has 2 N–H and O–H groups in total. The lowest BCUT2D eigenvalue weighted by atomic mass is 9.96. The van der Waals surface area contributed by atoms with Crippen LogP contribution in [0.3, 0.4) is 0 Å². The van der Waals surface area contributed by atoms with Crippen molar-refractivity contribution in [1.29, 1.82) is 0 Å². The van der Waals surface area contributed by atoms with Gasteiger partial charge in [0.25, 0.3) is 0 Å². The van der Waals surface area contributed by atoms with Crippen molar-refractivity contribution in [1.82, 2.24) is 15.6 Å². The number of amides is 2. The summed E-state index contributed by atoms with van der Waals surface area (Å²) >= 11 is 0. The van der Waals surface area contributed by atoms with E-state index in [2.05, 4.69) is 20.7 Å². The third-order valence-corrected chi connectivity index (χ3v) is 5.60. The molecule has 134 valence electrons. The largest absolute Gasteiger partial charge is 0.356 e. The number of nitrogens with zero attached hydrogens (tertiary/aromatic N) is 2. The normalized spacial score (nSPS) is 26.1. The number of rotatable bonds is 6. The average Bonchev–Trinajstić information content (AvgIpc) is 3.14. The zero-order valence-corrected chi connectivity index (χ0v) is 14.6. The minimum Gasteiger partial charge on any atom is -0.356 e. The number of nitrogens with one attached hydrogen (secondary N) is 2. The van der Waals surface area contributed by atoms with Crippen LogP contribution in [0.1, 0.15) is 64.2 Å². The summed E-state index contributed by atoms with van der Waals surface area (Å²) in [7, 11) is 0. The van der Waals surface area contributed by atoms with Crippen LogP contribution in [-0.4, -0.2) is 48.1 Å². The summed E-state index contributed by atoms with van der Waals surface area (Å²) in [6, 6.07) is 0.794. The molecule has 3 rings (SSSR count). The van der Waals surface area contributed by atoms with Crippen molar-refractivity contribution in [2.45, 2.75) is 70.3 Å². The van der Waals surface area contributed by atoms with Gasteiger partial charge in [-0.15, -0.1) is 0 Å². The summed E-state index contributed by atoms with van der Waals surface area (Å²) < 4.78 is 0. The fourth-order valence-electron chi connectivity index (χ4n) is 4.16. The summed E-state index contributed by atoms with van der Waals surface area (Å²) in [5.74, 6) is 0.662. The summed E-state index contributed by atoms with van der Waals surface area (Å²) in [6.45, 7) is 3.18. The fraction of sp³-hybridized carbons (Fsp3) is 0.833. The number of hydrogen-bond donors (Lipinski definition) is 2. The van der Waals surface area contributed by atoms with Crippen molar-refractivity contribution < 1.29 is 9.59 Å². The Hall–Kier alpha value is -1.43. The summed E-state index contributed by atoms with van der Waals surface area (Å²) in [5, 5.41) is 7.12. The number of carbonyl (C=O) groups is 2. The highest BCUT2D eigenvalue weighted by Gasteiger charge is 2.27. The van der Waals surface area contributed by atoms with Gasteiger partial charge in [0.1, 0.15) is 0 Å². The Morgan fingerprint density at radius 2 is 2.04 bits per heavy atom. The van der Waals surface area contributed by atoms with Crippen LogP contribution in [0.25, 0.3) is 0 Å². The van der Waals surface area contributed by atoms with E-state index in [0.29, 0.717) is 31.6 Å². The maximum atomic E-state index is 12.1. The standard InChI is InChI=1S/C18H30N4O2/c23-17(9-7-15-8-10-18(24)21-20-15)19-12-14-4-3-11-22(13-14)16-5-1-2-6-16/h14,16H,1-13H2,(H,19,23)(H,21,24)/t14-/m1/s1. The summed E-state index contributed by atoms with van der Waals surface area (Å²) in [5.41, 5.74) is 3.41. The van der Waals surface area contributed by atoms with Crippen molar-refractivity contribution in [3.8, 4) is 0 Å². The molecular formula is C18H30N4O2. The molecule has 0 aromatic heterocycles. The molecule has 1 atom stereocenters. The van der Waals surface area contributed by atoms with E-state index in [1.165, 1.54) is 45.1 Å². The predicted molar refractivity (Wildman–Crippen MR) is 93.6 cm³/mol. The molecule has 3 aliphatic rings. The molecule has 0 aromatic rings. The highest BCUT2D eigenvalue weighted by atomic mass is 16.2. The highest BCUT2D eigenvalue weighted by Crippen LogP contribution is 2.27. The minimum atomic E-state index is -0.0349. The van der Waals surface area contributed by atoms with Gasteiger partial charge < -0.3 is 10.2 Å². The molecule has 0 spiro atoms. The molecule has 1 saturated heterocycles. The molecule has 6 heteroatoms. The van der Waals surface area contributed by atoms with Gasteiger partial charge >= 0.3 is 0 Å². The van der Waals surface area contributed by atoms with Crippen LogP contribution in [0.2, 0.25) is 0 Å². The molecule has 1 aliphatic carbocycles. The SMILES string of the molecule is O=C(CCC1=NNC(=O)CC1)NC[C@H]1CCCN(C2CCCC2)C1. The van der Waals surface area contributed by atoms with E-state index in [1.54, 1.807) is 0 Å². The molecule has 0 radical (unpaired) electrons. The molecule has 1 saturated carbocycles. The van der Waals surface area contributed by atoms with Gasteiger partial charge in [-0.1, -0.05) is 12.8 Å². The smallest absolute Gasteiger partial charge is 0.240 e. The Morgan fingerprint density at radius 3 is 2.79 bits per heavy atom. The van der Waals surface area contributed by atoms with Crippen molar-refractivity contribution in [3.63, 3.8) is 0 Å². The first-order valence-electron chi connectivity index (χ1n) is 9.56. The molecule has 2 aliphatic heterocycles. The van der Waals surface area contributed by atoms with Gasteiger partial charge in [-0.3, -0.25) is 9.59 Å². The summed E-state index contributed by atoms with van der Waals surface area (Å²) in [4.78, 5) is 25.8. The quantitative estimate of drug-likeness (QED) is 0.778. The average molecular weight is 334 g/mol. The van der Waals surface area contributed by atoms with Crippen molar-refractivity contribution >= 4 is 17.5 Å². The monoisotopic (exact) mass is 334 g/mol. The Balaban J connectivity index is 1.34. The Kier molecular flexibility index (Phi) is 6.24. The molecule has 2 heterocycles. The van der Waals surface area contributed by atoms with Gasteiger partial charge in [-0.2, -0.15) is 5.10 Å². The van der Waals surface area contributed by atoms with Crippen LogP contribution >= 0.6 is 0 Å². The van der Waals surface area contributed by atoms with Gasteiger partial charge in [0.05, 0.1) is 0 Å². The van der Waals surface area contributed by atoms with E-state index in [1.807, 2.05) is 0 Å². The number of piperidine rings is 1. The number of hydrogen-bond acceptors (Lipinski definition) is 4. The molecule has 2 amide bonds. The fourth-order valence-corrected chi connectivity index (χ4v) is 4.16. The van der Waals surface area contributed by atoms with Gasteiger partial charge in [-0.25, -0.2) is 5.43 Å². The van der Waals surface area contributed by atoms with Crippen LogP contribution < -0.4 is 10.7 Å². The highest BCUT2D eigenvalue weighted by molar-refractivity contribution is 5.94. The lowest BCUT2D eigenvalue weighted by Gasteiger charge is -2.36. The second kappa shape index (κ2) is 8.60. The maximum absolute atomic E-state index is 12.1. The first kappa shape index (κ1) is 17.4. The molecule has 0 bridgehead atoms. The zero-order chi connectivity index (χ0) is 16.8. The minimum absolute atomic E-state index is 0.0349. The molecule has 24 heavy (non-hydrogen) atoms. The third-order valence-electron chi connectivity index (χ3n) is 5.60. The number of carbonyl (C=O) groups excluding carboxylic acids is 2. The van der Waals surface area contributed by atoms with Crippen LogP contribution in [-0.2, 0) is 9.59 Å². The van der Waals surface area contributed by atoms with Crippen LogP contribution in [0, 0.1) is 5.92 Å². The lowest BCUT2D eigenvalue weighted by molar-refractivity contribution is -0.121. The second-order valence-electron chi connectivity index (χ2n) is 7.46. The molecule has 0 unspecified atom stereocenters. The van der Waals surface area contributed by atoms with Gasteiger partial charge in [0.2, 0.25) is 11.8 Å². The Labute approximate surface area is 144 Å². The molecular weight excluding hydrogens is 304 g/mol.